The van der Waals surface area contributed by atoms with Crippen LogP contribution >= 0.6 is 0 Å². The Bertz CT molecular complexity index is 904. The molecule has 1 aliphatic heterocycles. The summed E-state index contributed by atoms with van der Waals surface area (Å²) in [6.07, 6.45) is 7.12. The number of hydrogen-bond acceptors (Lipinski definition) is 5. The summed E-state index contributed by atoms with van der Waals surface area (Å²) in [4.78, 5) is 0. The maximum absolute atomic E-state index is 7.00. The van der Waals surface area contributed by atoms with Crippen molar-refractivity contribution in [3.05, 3.63) is 52.9 Å². The Labute approximate surface area is 172 Å². The molecule has 3 unspecified atom stereocenters. The molecule has 5 rings (SSSR count). The normalized spacial score (nSPS) is 29.8. The maximum atomic E-state index is 7.00. The Morgan fingerprint density at radius 2 is 2.03 bits per heavy atom. The summed E-state index contributed by atoms with van der Waals surface area (Å²) >= 11 is 0. The second kappa shape index (κ2) is 7.69. The molecule has 6 heteroatoms. The average Bonchev–Trinajstić information content (AvgIpc) is 3.40. The lowest BCUT2D eigenvalue weighted by Crippen LogP contribution is -2.46. The molecule has 0 bridgehead atoms. The lowest BCUT2D eigenvalue weighted by molar-refractivity contribution is -0.220. The van der Waals surface area contributed by atoms with Crippen LogP contribution in [0.4, 0.5) is 0 Å². The predicted molar refractivity (Wildman–Crippen MR) is 111 cm³/mol. The smallest absolute Gasteiger partial charge is 0.178 e. The third-order valence-corrected chi connectivity index (χ3v) is 6.50. The number of nitrogens with zero attached hydrogens (tertiary/aromatic N) is 2. The van der Waals surface area contributed by atoms with E-state index in [1.165, 1.54) is 22.4 Å². The highest BCUT2D eigenvalue weighted by atomic mass is 16.8. The lowest BCUT2D eigenvalue weighted by Gasteiger charge is -2.41. The van der Waals surface area contributed by atoms with Gasteiger partial charge in [-0.05, 0) is 43.5 Å². The Morgan fingerprint density at radius 1 is 1.28 bits per heavy atom. The molecule has 2 aliphatic carbocycles. The van der Waals surface area contributed by atoms with E-state index in [0.717, 1.165) is 32.1 Å². The van der Waals surface area contributed by atoms with Crippen molar-refractivity contribution in [1.29, 1.82) is 0 Å². The number of methoxy groups -OCH3 is 1. The Morgan fingerprint density at radius 3 is 2.76 bits per heavy atom. The van der Waals surface area contributed by atoms with E-state index in [-0.39, 0.29) is 11.5 Å². The quantitative estimate of drug-likeness (QED) is 0.860. The highest BCUT2D eigenvalue weighted by molar-refractivity contribution is 5.62. The van der Waals surface area contributed by atoms with Gasteiger partial charge in [-0.2, -0.15) is 5.10 Å². The minimum absolute atomic E-state index is 0.0165. The molecule has 2 fully saturated rings. The first kappa shape index (κ1) is 20.3. The Kier molecular flexibility index (Phi) is 5.38. The summed E-state index contributed by atoms with van der Waals surface area (Å²) in [5.41, 5.74) is 6.05. The number of aromatic nitrogens is 2. The van der Waals surface area contributed by atoms with Crippen molar-refractivity contribution in [1.82, 2.24) is 9.78 Å². The van der Waals surface area contributed by atoms with E-state index in [0.29, 0.717) is 13.2 Å². The molecule has 6 nitrogen and oxygen atoms in total. The largest absolute Gasteiger partial charge is 0.400 e. The van der Waals surface area contributed by atoms with Crippen LogP contribution in [0.2, 0.25) is 0 Å². The van der Waals surface area contributed by atoms with Crippen molar-refractivity contribution in [3.8, 4) is 5.69 Å². The number of aryl methyl sites for hydroxylation is 1. The van der Waals surface area contributed by atoms with Gasteiger partial charge >= 0.3 is 0 Å². The molecule has 1 saturated heterocycles. The maximum Gasteiger partial charge on any atom is 0.178 e. The monoisotopic (exact) mass is 398 g/mol. The molecule has 3 atom stereocenters. The summed E-state index contributed by atoms with van der Waals surface area (Å²) in [5.74, 6) is -0.536. The van der Waals surface area contributed by atoms with E-state index < -0.39 is 5.79 Å². The van der Waals surface area contributed by atoms with Crippen molar-refractivity contribution in [2.24, 2.45) is 5.41 Å². The van der Waals surface area contributed by atoms with Gasteiger partial charge in [-0.25, -0.2) is 4.68 Å². The molecule has 1 aromatic heterocycles. The molecule has 1 saturated carbocycles. The average molecular weight is 399 g/mol. The molecular weight excluding hydrogens is 368 g/mol. The highest BCUT2D eigenvalue weighted by Gasteiger charge is 2.61. The van der Waals surface area contributed by atoms with Gasteiger partial charge in [0.25, 0.3) is 0 Å². The van der Waals surface area contributed by atoms with Crippen molar-refractivity contribution >= 4 is 6.08 Å². The molecule has 156 valence electrons. The van der Waals surface area contributed by atoms with E-state index in [1.807, 2.05) is 6.20 Å². The van der Waals surface area contributed by atoms with Gasteiger partial charge in [0.05, 0.1) is 30.8 Å². The van der Waals surface area contributed by atoms with Crippen LogP contribution in [-0.2, 0) is 20.6 Å². The summed E-state index contributed by atoms with van der Waals surface area (Å²) in [7, 11) is 2.71. The molecular formula is C23H30N2O4. The second-order valence-electron chi connectivity index (χ2n) is 8.24. The molecule has 0 radical (unpaired) electrons. The minimum Gasteiger partial charge on any atom is -0.400 e. The molecule has 29 heavy (non-hydrogen) atoms. The first-order valence-corrected chi connectivity index (χ1v) is 10.2. The van der Waals surface area contributed by atoms with Gasteiger partial charge in [0.2, 0.25) is 0 Å². The van der Waals surface area contributed by atoms with Crippen molar-refractivity contribution < 1.29 is 19.3 Å². The summed E-state index contributed by atoms with van der Waals surface area (Å²) in [5, 5.41) is 11.7. The van der Waals surface area contributed by atoms with Gasteiger partial charge in [0.15, 0.2) is 5.79 Å². The summed E-state index contributed by atoms with van der Waals surface area (Å²) in [6, 6.07) is 8.52. The first-order valence-electron chi connectivity index (χ1n) is 10.2. The van der Waals surface area contributed by atoms with Crippen molar-refractivity contribution in [2.75, 3.05) is 27.4 Å². The topological polar surface area (TPSA) is 65.7 Å². The number of aliphatic hydroxyl groups excluding tert-OH is 1. The fourth-order valence-corrected chi connectivity index (χ4v) is 4.95. The Hall–Kier alpha value is -1.99. The molecule has 2 heterocycles. The lowest BCUT2D eigenvalue weighted by atomic mass is 9.72. The van der Waals surface area contributed by atoms with Crippen LogP contribution in [0.3, 0.4) is 0 Å². The van der Waals surface area contributed by atoms with Crippen molar-refractivity contribution in [3.63, 3.8) is 0 Å². The zero-order valence-corrected chi connectivity index (χ0v) is 17.6. The number of benzene rings is 1. The van der Waals surface area contributed by atoms with Crippen LogP contribution in [0.1, 0.15) is 36.6 Å². The fourth-order valence-electron chi connectivity index (χ4n) is 4.95. The van der Waals surface area contributed by atoms with Gasteiger partial charge in [-0.1, -0.05) is 30.2 Å². The number of fused-ring (bicyclic) bond motifs is 3. The Balaban J connectivity index is 0.000000994. The van der Waals surface area contributed by atoms with Gasteiger partial charge in [-0.15, -0.1) is 0 Å². The summed E-state index contributed by atoms with van der Waals surface area (Å²) < 4.78 is 20.0. The van der Waals surface area contributed by atoms with Crippen LogP contribution in [0.25, 0.3) is 11.8 Å². The second-order valence-corrected chi connectivity index (χ2v) is 8.24. The molecule has 3 aliphatic rings. The first-order chi connectivity index (χ1) is 14.0. The van der Waals surface area contributed by atoms with Gasteiger partial charge in [-0.3, -0.25) is 0 Å². The van der Waals surface area contributed by atoms with Crippen LogP contribution in [0.15, 0.2) is 36.0 Å². The van der Waals surface area contributed by atoms with Crippen LogP contribution in [0.5, 0.6) is 0 Å². The van der Waals surface area contributed by atoms with Crippen LogP contribution < -0.4 is 0 Å². The third kappa shape index (κ3) is 3.15. The molecule has 1 aromatic carbocycles. The van der Waals surface area contributed by atoms with Gasteiger partial charge in [0.1, 0.15) is 6.10 Å². The van der Waals surface area contributed by atoms with E-state index in [2.05, 4.69) is 54.0 Å². The standard InChI is InChI=1S/C22H26N2O3.CH4O/c1-15-4-6-18(7-5-15)24-20-10-17-8-9-22(26-14-19(27-22)13-25-3)21(17,2)11-16(20)12-23-24;1-2/h4-7,10,12,19H,8-9,11,13-14H2,1-3H3;2H,1H3. The number of hydrogen-bond donors (Lipinski definition) is 1. The summed E-state index contributed by atoms with van der Waals surface area (Å²) in [6.45, 7) is 5.57. The fraction of sp³-hybridized carbons (Fsp3) is 0.522. The van der Waals surface area contributed by atoms with Crippen LogP contribution in [0, 0.1) is 12.3 Å². The molecule has 0 amide bonds. The zero-order chi connectivity index (χ0) is 20.6. The minimum atomic E-state index is -0.536. The van der Waals surface area contributed by atoms with E-state index >= 15 is 0 Å². The highest BCUT2D eigenvalue weighted by Crippen LogP contribution is 2.59. The molecule has 2 aromatic rings. The van der Waals surface area contributed by atoms with Gasteiger partial charge in [0, 0.05) is 26.1 Å². The number of rotatable bonds is 3. The zero-order valence-electron chi connectivity index (χ0n) is 17.6. The third-order valence-electron chi connectivity index (χ3n) is 6.50. The SMILES string of the molecule is CO.COCC1COC2(CCC3=Cc4c(cnn4-c4ccc(C)cc4)CC32C)O1. The molecule has 1 spiro atoms. The van der Waals surface area contributed by atoms with Crippen molar-refractivity contribution in [2.45, 2.75) is 45.0 Å². The van der Waals surface area contributed by atoms with E-state index in [9.17, 15) is 0 Å². The van der Waals surface area contributed by atoms with E-state index in [4.69, 9.17) is 19.3 Å². The van der Waals surface area contributed by atoms with Crippen LogP contribution in [-0.4, -0.2) is 54.2 Å². The number of ether oxygens (including phenoxy) is 3. The van der Waals surface area contributed by atoms with E-state index in [1.54, 1.807) is 7.11 Å². The molecule has 1 N–H and O–H groups in total. The predicted octanol–water partition coefficient (Wildman–Crippen LogP) is 3.29. The van der Waals surface area contributed by atoms with Gasteiger partial charge < -0.3 is 19.3 Å². The number of aliphatic hydroxyl groups is 1.